The summed E-state index contributed by atoms with van der Waals surface area (Å²) in [6.07, 6.45) is 3.28. The second kappa shape index (κ2) is 11.9. The van der Waals surface area contributed by atoms with Gasteiger partial charge in [0.25, 0.3) is 0 Å². The molecule has 3 N–H and O–H groups in total. The van der Waals surface area contributed by atoms with Gasteiger partial charge < -0.3 is 15.3 Å². The lowest BCUT2D eigenvalue weighted by Gasteiger charge is -2.17. The number of aliphatic hydroxyl groups is 2. The highest BCUT2D eigenvalue weighted by molar-refractivity contribution is 8.01. The van der Waals surface area contributed by atoms with Gasteiger partial charge in [-0.05, 0) is 35.6 Å². The fraction of sp³-hybridized carbons (Fsp3) is 0.500. The van der Waals surface area contributed by atoms with Crippen LogP contribution in [0.5, 0.6) is 0 Å². The fourth-order valence-electron chi connectivity index (χ4n) is 3.07. The Morgan fingerprint density at radius 1 is 1.36 bits per heavy atom. The van der Waals surface area contributed by atoms with E-state index in [9.17, 15) is 19.8 Å². The van der Waals surface area contributed by atoms with Crippen LogP contribution in [-0.2, 0) is 16.0 Å². The maximum atomic E-state index is 12.2. The molecule has 0 heterocycles. The van der Waals surface area contributed by atoms with E-state index in [4.69, 9.17) is 16.7 Å². The van der Waals surface area contributed by atoms with E-state index in [2.05, 4.69) is 0 Å². The lowest BCUT2D eigenvalue weighted by Crippen LogP contribution is -2.22. The summed E-state index contributed by atoms with van der Waals surface area (Å²) >= 11 is 8.81. The van der Waals surface area contributed by atoms with Crippen LogP contribution in [0, 0.1) is 5.92 Å². The van der Waals surface area contributed by atoms with Crippen LogP contribution < -0.4 is 0 Å². The molecule has 2 rings (SSSR count). The van der Waals surface area contributed by atoms with Crippen LogP contribution in [0.1, 0.15) is 18.4 Å². The van der Waals surface area contributed by atoms with Gasteiger partial charge in [-0.1, -0.05) is 35.9 Å². The number of carboxylic acids is 1. The minimum Gasteiger partial charge on any atom is -0.481 e. The Bertz CT molecular complexity index is 697. The molecular formula is C20H25ClO5S2. The second-order valence-electron chi connectivity index (χ2n) is 6.69. The first-order valence-electron chi connectivity index (χ1n) is 9.09. The van der Waals surface area contributed by atoms with E-state index in [0.29, 0.717) is 11.4 Å². The van der Waals surface area contributed by atoms with Crippen molar-refractivity contribution in [3.05, 3.63) is 47.0 Å². The van der Waals surface area contributed by atoms with Gasteiger partial charge in [0.05, 0.1) is 23.2 Å². The molecule has 1 fully saturated rings. The number of Topliss-reactive ketones (excluding diaryl/α,β-unsaturated/α-hetero) is 1. The maximum absolute atomic E-state index is 12.2. The van der Waals surface area contributed by atoms with Crippen molar-refractivity contribution in [3.8, 4) is 0 Å². The number of thioether (sulfide) groups is 2. The van der Waals surface area contributed by atoms with E-state index in [0.717, 1.165) is 23.5 Å². The molecule has 0 bridgehead atoms. The van der Waals surface area contributed by atoms with E-state index in [1.165, 1.54) is 23.5 Å². The van der Waals surface area contributed by atoms with Gasteiger partial charge in [-0.2, -0.15) is 11.8 Å². The number of aliphatic hydroxyl groups excluding tert-OH is 2. The molecule has 4 atom stereocenters. The lowest BCUT2D eigenvalue weighted by molar-refractivity contribution is -0.133. The summed E-state index contributed by atoms with van der Waals surface area (Å²) in [6, 6.07) is 7.29. The molecule has 0 spiro atoms. The minimum atomic E-state index is -0.826. The Morgan fingerprint density at radius 3 is 2.86 bits per heavy atom. The lowest BCUT2D eigenvalue weighted by atomic mass is 10.0. The van der Waals surface area contributed by atoms with Crippen LogP contribution in [0.25, 0.3) is 0 Å². The zero-order valence-electron chi connectivity index (χ0n) is 15.4. The van der Waals surface area contributed by atoms with Gasteiger partial charge in [0.2, 0.25) is 0 Å². The first kappa shape index (κ1) is 23.3. The molecule has 1 aliphatic rings. The zero-order chi connectivity index (χ0) is 20.5. The smallest absolute Gasteiger partial charge is 0.313 e. The molecule has 3 unspecified atom stereocenters. The normalized spacial score (nSPS) is 23.4. The number of halogens is 1. The van der Waals surface area contributed by atoms with Crippen LogP contribution in [0.2, 0.25) is 5.02 Å². The number of aliphatic carboxylic acids is 1. The highest BCUT2D eigenvalue weighted by Gasteiger charge is 2.40. The third kappa shape index (κ3) is 7.79. The van der Waals surface area contributed by atoms with E-state index in [1.807, 2.05) is 12.1 Å². The van der Waals surface area contributed by atoms with Crippen LogP contribution in [0.15, 0.2) is 36.4 Å². The second-order valence-corrected chi connectivity index (χ2v) is 9.48. The van der Waals surface area contributed by atoms with Gasteiger partial charge in [0.15, 0.2) is 0 Å². The maximum Gasteiger partial charge on any atom is 0.313 e. The molecular weight excluding hydrogens is 420 g/mol. The van der Waals surface area contributed by atoms with Crippen molar-refractivity contribution in [3.63, 3.8) is 0 Å². The summed E-state index contributed by atoms with van der Waals surface area (Å²) in [5, 5.41) is 29.4. The quantitative estimate of drug-likeness (QED) is 0.356. The third-order valence-corrected chi connectivity index (χ3v) is 7.09. The summed E-state index contributed by atoms with van der Waals surface area (Å²) in [5.41, 5.74) is 0.914. The van der Waals surface area contributed by atoms with Crippen molar-refractivity contribution < 1.29 is 24.9 Å². The average molecular weight is 445 g/mol. The molecule has 1 saturated carbocycles. The Balaban J connectivity index is 1.83. The predicted octanol–water partition coefficient (Wildman–Crippen LogP) is 3.06. The summed E-state index contributed by atoms with van der Waals surface area (Å²) < 4.78 is 0. The molecule has 0 aliphatic heterocycles. The highest BCUT2D eigenvalue weighted by Crippen LogP contribution is 2.34. The van der Waals surface area contributed by atoms with Crippen LogP contribution in [0.4, 0.5) is 0 Å². The first-order valence-corrected chi connectivity index (χ1v) is 11.7. The van der Waals surface area contributed by atoms with Crippen molar-refractivity contribution in [1.82, 2.24) is 0 Å². The van der Waals surface area contributed by atoms with Crippen LogP contribution in [-0.4, -0.2) is 61.8 Å². The van der Waals surface area contributed by atoms with Gasteiger partial charge in [-0.3, -0.25) is 9.59 Å². The molecule has 8 heteroatoms. The molecule has 1 aromatic carbocycles. The van der Waals surface area contributed by atoms with Crippen molar-refractivity contribution in [2.45, 2.75) is 36.7 Å². The largest absolute Gasteiger partial charge is 0.481 e. The number of carbonyl (C=O) groups excluding carboxylic acids is 1. The molecule has 1 aromatic rings. The summed E-state index contributed by atoms with van der Waals surface area (Å²) in [7, 11) is 0. The van der Waals surface area contributed by atoms with E-state index >= 15 is 0 Å². The Morgan fingerprint density at radius 2 is 2.14 bits per heavy atom. The predicted molar refractivity (Wildman–Crippen MR) is 115 cm³/mol. The molecule has 0 radical (unpaired) electrons. The zero-order valence-corrected chi connectivity index (χ0v) is 17.8. The number of carboxylic acid groups (broad SMARTS) is 1. The van der Waals surface area contributed by atoms with Crippen molar-refractivity contribution in [2.75, 3.05) is 17.3 Å². The fourth-order valence-corrected chi connectivity index (χ4v) is 5.47. The summed E-state index contributed by atoms with van der Waals surface area (Å²) in [4.78, 5) is 22.7. The summed E-state index contributed by atoms with van der Waals surface area (Å²) in [6.45, 7) is 0. The molecule has 154 valence electrons. The number of hydrogen-bond acceptors (Lipinski definition) is 6. The Labute approximate surface area is 178 Å². The average Bonchev–Trinajstić information content (AvgIpc) is 2.89. The topological polar surface area (TPSA) is 94.8 Å². The van der Waals surface area contributed by atoms with Gasteiger partial charge in [0.1, 0.15) is 5.78 Å². The van der Waals surface area contributed by atoms with Crippen molar-refractivity contribution in [2.24, 2.45) is 5.92 Å². The van der Waals surface area contributed by atoms with E-state index < -0.39 is 18.2 Å². The molecule has 0 saturated heterocycles. The monoisotopic (exact) mass is 444 g/mol. The summed E-state index contributed by atoms with van der Waals surface area (Å²) in [5.74, 6) is 0.412. The van der Waals surface area contributed by atoms with Gasteiger partial charge in [-0.25, -0.2) is 0 Å². The standard InChI is InChI=1S/C20H25ClO5S2/c21-14-4-1-3-13(9-14)10-15(22)5-6-16-17(23)11-18(24)20(16)28-8-2-7-27-12-19(25)26/h1,3-6,9,15-17,20,22-23H,2,7-8,10-12H2,(H,25,26)/t15?,16-,17?,20?/m0/s1. The minimum absolute atomic E-state index is 0.0228. The van der Waals surface area contributed by atoms with Gasteiger partial charge in [-0.15, -0.1) is 11.8 Å². The van der Waals surface area contributed by atoms with Crippen molar-refractivity contribution in [1.29, 1.82) is 0 Å². The third-order valence-electron chi connectivity index (χ3n) is 4.37. The number of ketones is 1. The SMILES string of the molecule is O=C(O)CSCCCSC1C(=O)CC(O)[C@@H]1C=CC(O)Cc1cccc(Cl)c1. The molecule has 5 nitrogen and oxygen atoms in total. The van der Waals surface area contributed by atoms with Gasteiger partial charge >= 0.3 is 5.97 Å². The van der Waals surface area contributed by atoms with Crippen LogP contribution in [0.3, 0.4) is 0 Å². The number of hydrogen-bond donors (Lipinski definition) is 3. The molecule has 1 aliphatic carbocycles. The van der Waals surface area contributed by atoms with E-state index in [1.54, 1.807) is 24.3 Å². The molecule has 0 aromatic heterocycles. The Hall–Kier alpha value is -0.990. The van der Waals surface area contributed by atoms with Gasteiger partial charge in [0, 0.05) is 23.8 Å². The molecule has 28 heavy (non-hydrogen) atoms. The van der Waals surface area contributed by atoms with Crippen LogP contribution >= 0.6 is 35.1 Å². The first-order chi connectivity index (χ1) is 13.4. The number of carbonyl (C=O) groups is 2. The molecule has 0 amide bonds. The van der Waals surface area contributed by atoms with E-state index in [-0.39, 0.29) is 29.1 Å². The number of benzene rings is 1. The van der Waals surface area contributed by atoms with Crippen molar-refractivity contribution >= 4 is 46.9 Å². The number of rotatable bonds is 11. The Kier molecular flexibility index (Phi) is 9.88. The highest BCUT2D eigenvalue weighted by atomic mass is 35.5.